The fraction of sp³-hybridized carbons (Fsp3) is 0.769. The molecule has 2 aliphatic rings. The number of aryl methyl sites for hydroxylation is 1. The Morgan fingerprint density at radius 3 is 2.94 bits per heavy atom. The van der Waals surface area contributed by atoms with Crippen LogP contribution < -0.4 is 0 Å². The summed E-state index contributed by atoms with van der Waals surface area (Å²) in [6.07, 6.45) is 9.12. The number of aliphatic hydroxyl groups excluding tert-OH is 1. The predicted octanol–water partition coefficient (Wildman–Crippen LogP) is 0.976. The van der Waals surface area contributed by atoms with Gasteiger partial charge in [0.25, 0.3) is 0 Å². The summed E-state index contributed by atoms with van der Waals surface area (Å²) in [4.78, 5) is 6.57. The maximum absolute atomic E-state index is 9.85. The molecule has 1 aromatic heterocycles. The first-order valence-corrected chi connectivity index (χ1v) is 6.69. The van der Waals surface area contributed by atoms with Crippen molar-refractivity contribution in [3.8, 4) is 0 Å². The second-order valence-corrected chi connectivity index (χ2v) is 5.48. The lowest BCUT2D eigenvalue weighted by Crippen LogP contribution is -2.26. The summed E-state index contributed by atoms with van der Waals surface area (Å²) in [5, 5.41) is 9.85. The highest BCUT2D eigenvalue weighted by atomic mass is 16.3. The Labute approximate surface area is 102 Å². The average Bonchev–Trinajstić information content (AvgIpc) is 2.99. The van der Waals surface area contributed by atoms with Crippen molar-refractivity contribution >= 4 is 0 Å². The van der Waals surface area contributed by atoms with Crippen molar-refractivity contribution in [1.82, 2.24) is 14.5 Å². The van der Waals surface area contributed by atoms with E-state index in [1.54, 1.807) is 0 Å². The van der Waals surface area contributed by atoms with Crippen molar-refractivity contribution in [2.75, 3.05) is 19.6 Å². The van der Waals surface area contributed by atoms with Gasteiger partial charge in [-0.2, -0.15) is 0 Å². The van der Waals surface area contributed by atoms with E-state index in [9.17, 15) is 5.11 Å². The fourth-order valence-corrected chi connectivity index (χ4v) is 3.41. The van der Waals surface area contributed by atoms with Gasteiger partial charge in [-0.3, -0.25) is 0 Å². The minimum atomic E-state index is -0.0290. The first-order chi connectivity index (χ1) is 8.33. The molecule has 1 aliphatic carbocycles. The summed E-state index contributed by atoms with van der Waals surface area (Å²) in [6, 6.07) is 0. The van der Waals surface area contributed by atoms with Crippen LogP contribution in [0.3, 0.4) is 0 Å². The number of imidazole rings is 1. The predicted molar refractivity (Wildman–Crippen MR) is 65.5 cm³/mol. The molecule has 1 saturated carbocycles. The van der Waals surface area contributed by atoms with E-state index < -0.39 is 0 Å². The Kier molecular flexibility index (Phi) is 3.16. The molecule has 1 N–H and O–H groups in total. The molecule has 4 nitrogen and oxygen atoms in total. The lowest BCUT2D eigenvalue weighted by Gasteiger charge is -2.17. The highest BCUT2D eigenvalue weighted by molar-refractivity contribution is 4.93. The number of fused-ring (bicyclic) bond motifs is 1. The van der Waals surface area contributed by atoms with Crippen LogP contribution in [0.5, 0.6) is 0 Å². The molecule has 3 atom stereocenters. The molecular formula is C13H21N3O. The van der Waals surface area contributed by atoms with E-state index in [1.807, 2.05) is 18.7 Å². The molecule has 0 radical (unpaired) electrons. The van der Waals surface area contributed by atoms with Crippen molar-refractivity contribution in [2.45, 2.75) is 31.9 Å². The van der Waals surface area contributed by atoms with Gasteiger partial charge < -0.3 is 14.6 Å². The standard InChI is InChI=1S/C13H21N3O/c17-13-3-2-11-8-16(9-12(11)13)6-1-5-15-7-4-14-10-15/h4,7,10-13,17H,1-3,5-6,8-9H2. The van der Waals surface area contributed by atoms with E-state index in [2.05, 4.69) is 14.5 Å². The molecule has 0 aromatic carbocycles. The molecular weight excluding hydrogens is 214 g/mol. The fourth-order valence-electron chi connectivity index (χ4n) is 3.41. The number of hydrogen-bond donors (Lipinski definition) is 1. The highest BCUT2D eigenvalue weighted by Gasteiger charge is 2.41. The van der Waals surface area contributed by atoms with Crippen LogP contribution in [0.1, 0.15) is 19.3 Å². The smallest absolute Gasteiger partial charge is 0.0945 e. The maximum atomic E-state index is 9.85. The molecule has 2 fully saturated rings. The minimum Gasteiger partial charge on any atom is -0.393 e. The molecule has 94 valence electrons. The molecule has 3 unspecified atom stereocenters. The number of aromatic nitrogens is 2. The summed E-state index contributed by atoms with van der Waals surface area (Å²) in [5.74, 6) is 1.32. The van der Waals surface area contributed by atoms with E-state index >= 15 is 0 Å². The molecule has 0 spiro atoms. The SMILES string of the molecule is OC1CCC2CN(CCCn3ccnc3)CC12. The van der Waals surface area contributed by atoms with Crippen LogP contribution in [0.15, 0.2) is 18.7 Å². The maximum Gasteiger partial charge on any atom is 0.0945 e. The van der Waals surface area contributed by atoms with Gasteiger partial charge >= 0.3 is 0 Å². The van der Waals surface area contributed by atoms with Crippen molar-refractivity contribution in [3.63, 3.8) is 0 Å². The third-order valence-electron chi connectivity index (χ3n) is 4.34. The average molecular weight is 235 g/mol. The lowest BCUT2D eigenvalue weighted by molar-refractivity contribution is 0.124. The Balaban J connectivity index is 1.42. The number of hydrogen-bond acceptors (Lipinski definition) is 3. The Hall–Kier alpha value is -0.870. The molecule has 3 rings (SSSR count). The third kappa shape index (κ3) is 2.38. The summed E-state index contributed by atoms with van der Waals surface area (Å²) >= 11 is 0. The quantitative estimate of drug-likeness (QED) is 0.845. The number of likely N-dealkylation sites (tertiary alicyclic amines) is 1. The van der Waals surface area contributed by atoms with Crippen LogP contribution in [-0.4, -0.2) is 45.3 Å². The van der Waals surface area contributed by atoms with Gasteiger partial charge in [0.1, 0.15) is 0 Å². The summed E-state index contributed by atoms with van der Waals surface area (Å²) in [6.45, 7) is 4.51. The molecule has 1 aromatic rings. The minimum absolute atomic E-state index is 0.0290. The Morgan fingerprint density at radius 1 is 1.24 bits per heavy atom. The van der Waals surface area contributed by atoms with Crippen molar-refractivity contribution in [1.29, 1.82) is 0 Å². The van der Waals surface area contributed by atoms with Gasteiger partial charge in [-0.1, -0.05) is 0 Å². The van der Waals surface area contributed by atoms with Crippen molar-refractivity contribution < 1.29 is 5.11 Å². The topological polar surface area (TPSA) is 41.3 Å². The van der Waals surface area contributed by atoms with Crippen LogP contribution in [0.4, 0.5) is 0 Å². The monoisotopic (exact) mass is 235 g/mol. The van der Waals surface area contributed by atoms with Crippen LogP contribution >= 0.6 is 0 Å². The van der Waals surface area contributed by atoms with Gasteiger partial charge in [0, 0.05) is 37.9 Å². The first-order valence-electron chi connectivity index (χ1n) is 6.69. The Bertz CT molecular complexity index is 352. The second-order valence-electron chi connectivity index (χ2n) is 5.48. The summed E-state index contributed by atoms with van der Waals surface area (Å²) < 4.78 is 2.13. The molecule has 2 heterocycles. The van der Waals surface area contributed by atoms with Gasteiger partial charge in [-0.05, 0) is 31.7 Å². The normalized spacial score (nSPS) is 33.1. The van der Waals surface area contributed by atoms with E-state index in [0.717, 1.165) is 32.0 Å². The zero-order valence-corrected chi connectivity index (χ0v) is 10.2. The molecule has 1 saturated heterocycles. The summed E-state index contributed by atoms with van der Waals surface area (Å²) in [7, 11) is 0. The molecule has 0 bridgehead atoms. The molecule has 17 heavy (non-hydrogen) atoms. The van der Waals surface area contributed by atoms with E-state index in [1.165, 1.54) is 19.4 Å². The van der Waals surface area contributed by atoms with Crippen LogP contribution in [0.25, 0.3) is 0 Å². The summed E-state index contributed by atoms with van der Waals surface area (Å²) in [5.41, 5.74) is 0. The number of aliphatic hydroxyl groups is 1. The van der Waals surface area contributed by atoms with E-state index in [-0.39, 0.29) is 6.10 Å². The van der Waals surface area contributed by atoms with Crippen LogP contribution in [0, 0.1) is 11.8 Å². The molecule has 1 aliphatic heterocycles. The van der Waals surface area contributed by atoms with Crippen molar-refractivity contribution in [3.05, 3.63) is 18.7 Å². The van der Waals surface area contributed by atoms with Crippen LogP contribution in [0.2, 0.25) is 0 Å². The number of rotatable bonds is 4. The van der Waals surface area contributed by atoms with Crippen LogP contribution in [-0.2, 0) is 6.54 Å². The first kappa shape index (κ1) is 11.2. The van der Waals surface area contributed by atoms with Gasteiger partial charge in [0.05, 0.1) is 12.4 Å². The number of nitrogens with zero attached hydrogens (tertiary/aromatic N) is 3. The highest BCUT2D eigenvalue weighted by Crippen LogP contribution is 2.37. The zero-order chi connectivity index (χ0) is 11.7. The van der Waals surface area contributed by atoms with Gasteiger partial charge in [-0.15, -0.1) is 0 Å². The molecule has 0 amide bonds. The van der Waals surface area contributed by atoms with Gasteiger partial charge in [-0.25, -0.2) is 4.98 Å². The molecule has 4 heteroatoms. The van der Waals surface area contributed by atoms with E-state index in [4.69, 9.17) is 0 Å². The van der Waals surface area contributed by atoms with Crippen molar-refractivity contribution in [2.24, 2.45) is 11.8 Å². The van der Waals surface area contributed by atoms with Gasteiger partial charge in [0.15, 0.2) is 0 Å². The zero-order valence-electron chi connectivity index (χ0n) is 10.2. The largest absolute Gasteiger partial charge is 0.393 e. The lowest BCUT2D eigenvalue weighted by atomic mass is 10.00. The second kappa shape index (κ2) is 4.78. The van der Waals surface area contributed by atoms with Gasteiger partial charge in [0.2, 0.25) is 0 Å². The third-order valence-corrected chi connectivity index (χ3v) is 4.34. The van der Waals surface area contributed by atoms with E-state index in [0.29, 0.717) is 5.92 Å². The Morgan fingerprint density at radius 2 is 2.18 bits per heavy atom.